The molecule has 20 heavy (non-hydrogen) atoms. The third-order valence-electron chi connectivity index (χ3n) is 3.56. The molecule has 1 aromatic heterocycles. The van der Waals surface area contributed by atoms with Crippen LogP contribution in [0.1, 0.15) is 42.4 Å². The van der Waals surface area contributed by atoms with Gasteiger partial charge in [-0.3, -0.25) is 4.79 Å². The number of H-pyrrole nitrogens is 1. The lowest BCUT2D eigenvalue weighted by Gasteiger charge is -2.07. The maximum atomic E-state index is 11.9. The van der Waals surface area contributed by atoms with Crippen LogP contribution in [-0.2, 0) is 19.3 Å². The van der Waals surface area contributed by atoms with Gasteiger partial charge < -0.3 is 4.98 Å². The van der Waals surface area contributed by atoms with Crippen molar-refractivity contribution in [2.45, 2.75) is 46.0 Å². The second-order valence-electron chi connectivity index (χ2n) is 5.17. The molecule has 1 aromatic carbocycles. The Labute approximate surface area is 120 Å². The second-order valence-corrected chi connectivity index (χ2v) is 5.17. The lowest BCUT2D eigenvalue weighted by atomic mass is 10.1. The van der Waals surface area contributed by atoms with Crippen molar-refractivity contribution in [2.24, 2.45) is 0 Å². The number of aromatic nitrogens is 2. The minimum atomic E-state index is 0.00849. The van der Waals surface area contributed by atoms with Gasteiger partial charge >= 0.3 is 0 Å². The molecule has 0 bridgehead atoms. The number of nitrogens with zero attached hydrogens (tertiary/aromatic N) is 1. The molecule has 0 fully saturated rings. The highest BCUT2D eigenvalue weighted by molar-refractivity contribution is 5.18. The van der Waals surface area contributed by atoms with Crippen LogP contribution >= 0.6 is 0 Å². The van der Waals surface area contributed by atoms with E-state index in [0.717, 1.165) is 49.2 Å². The lowest BCUT2D eigenvalue weighted by Crippen LogP contribution is -2.18. The Bertz CT molecular complexity index is 602. The van der Waals surface area contributed by atoms with Crippen LogP contribution in [0.4, 0.5) is 0 Å². The molecule has 0 aliphatic carbocycles. The molecular formula is C17H22N2O. The van der Waals surface area contributed by atoms with Crippen LogP contribution in [0.25, 0.3) is 0 Å². The number of benzene rings is 1. The van der Waals surface area contributed by atoms with Crippen molar-refractivity contribution in [1.29, 1.82) is 0 Å². The molecule has 2 aromatic rings. The number of aromatic amines is 1. The molecule has 0 saturated heterocycles. The summed E-state index contributed by atoms with van der Waals surface area (Å²) in [5, 5.41) is 0. The van der Waals surface area contributed by atoms with Gasteiger partial charge in [-0.05, 0) is 31.7 Å². The fraction of sp³-hybridized carbons (Fsp3) is 0.412. The topological polar surface area (TPSA) is 45.8 Å². The van der Waals surface area contributed by atoms with E-state index in [1.807, 2.05) is 25.1 Å². The summed E-state index contributed by atoms with van der Waals surface area (Å²) in [7, 11) is 0. The highest BCUT2D eigenvalue weighted by Crippen LogP contribution is 2.07. The number of aryl methyl sites for hydroxylation is 3. The Kier molecular flexibility index (Phi) is 5.10. The maximum Gasteiger partial charge on any atom is 0.254 e. The number of nitrogens with one attached hydrogen (secondary N) is 1. The molecule has 3 nitrogen and oxygen atoms in total. The summed E-state index contributed by atoms with van der Waals surface area (Å²) >= 11 is 0. The van der Waals surface area contributed by atoms with E-state index in [2.05, 4.69) is 29.0 Å². The first kappa shape index (κ1) is 14.5. The molecule has 3 heteroatoms. The molecule has 106 valence electrons. The minimum Gasteiger partial charge on any atom is -0.310 e. The van der Waals surface area contributed by atoms with Gasteiger partial charge in [-0.25, -0.2) is 4.98 Å². The van der Waals surface area contributed by atoms with Crippen molar-refractivity contribution in [3.8, 4) is 0 Å². The monoisotopic (exact) mass is 270 g/mol. The molecule has 0 amide bonds. The molecule has 0 spiro atoms. The standard InChI is InChI=1S/C17H22N2O/c1-3-4-10-15-13(2)17(20)19-16(18-15)12-11-14-8-6-5-7-9-14/h5-9H,3-4,10-12H2,1-2H3,(H,18,19,20). The maximum absolute atomic E-state index is 11.9. The van der Waals surface area contributed by atoms with Gasteiger partial charge in [-0.1, -0.05) is 43.7 Å². The molecule has 0 atom stereocenters. The van der Waals surface area contributed by atoms with Gasteiger partial charge in [0, 0.05) is 12.0 Å². The summed E-state index contributed by atoms with van der Waals surface area (Å²) in [6.07, 6.45) is 4.77. The average molecular weight is 270 g/mol. The van der Waals surface area contributed by atoms with E-state index in [0.29, 0.717) is 0 Å². The molecule has 0 aliphatic heterocycles. The summed E-state index contributed by atoms with van der Waals surface area (Å²) in [6.45, 7) is 4.01. The summed E-state index contributed by atoms with van der Waals surface area (Å²) in [4.78, 5) is 19.5. The zero-order valence-corrected chi connectivity index (χ0v) is 12.3. The molecule has 0 unspecified atom stereocenters. The number of hydrogen-bond acceptors (Lipinski definition) is 2. The summed E-state index contributed by atoms with van der Waals surface area (Å²) in [5.74, 6) is 0.801. The van der Waals surface area contributed by atoms with E-state index in [-0.39, 0.29) is 5.56 Å². The molecule has 0 aliphatic rings. The second kappa shape index (κ2) is 7.04. The fourth-order valence-electron chi connectivity index (χ4n) is 2.24. The van der Waals surface area contributed by atoms with Gasteiger partial charge in [0.15, 0.2) is 0 Å². The van der Waals surface area contributed by atoms with Crippen LogP contribution < -0.4 is 5.56 Å². The van der Waals surface area contributed by atoms with Gasteiger partial charge in [0.05, 0.1) is 5.69 Å². The van der Waals surface area contributed by atoms with Gasteiger partial charge in [0.2, 0.25) is 0 Å². The van der Waals surface area contributed by atoms with Crippen molar-refractivity contribution in [1.82, 2.24) is 9.97 Å². The van der Waals surface area contributed by atoms with Crippen LogP contribution in [-0.4, -0.2) is 9.97 Å². The first-order valence-corrected chi connectivity index (χ1v) is 7.33. The zero-order chi connectivity index (χ0) is 14.4. The first-order valence-electron chi connectivity index (χ1n) is 7.33. The number of hydrogen-bond donors (Lipinski definition) is 1. The predicted molar refractivity (Wildman–Crippen MR) is 82.1 cm³/mol. The van der Waals surface area contributed by atoms with Crippen molar-refractivity contribution in [3.63, 3.8) is 0 Å². The van der Waals surface area contributed by atoms with Crippen molar-refractivity contribution in [2.75, 3.05) is 0 Å². The van der Waals surface area contributed by atoms with E-state index in [4.69, 9.17) is 0 Å². The SMILES string of the molecule is CCCCc1nc(CCc2ccccc2)[nH]c(=O)c1C. The van der Waals surface area contributed by atoms with Gasteiger partial charge in [0.1, 0.15) is 5.82 Å². The molecule has 0 radical (unpaired) electrons. The Hall–Kier alpha value is -1.90. The number of rotatable bonds is 6. The van der Waals surface area contributed by atoms with Crippen LogP contribution in [0.3, 0.4) is 0 Å². The fourth-order valence-corrected chi connectivity index (χ4v) is 2.24. The lowest BCUT2D eigenvalue weighted by molar-refractivity contribution is 0.741. The van der Waals surface area contributed by atoms with Crippen LogP contribution in [0.2, 0.25) is 0 Å². The number of unbranched alkanes of at least 4 members (excludes halogenated alkanes) is 1. The summed E-state index contributed by atoms with van der Waals surface area (Å²) in [6, 6.07) is 10.3. The van der Waals surface area contributed by atoms with Crippen molar-refractivity contribution in [3.05, 3.63) is 63.3 Å². The third kappa shape index (κ3) is 3.80. The predicted octanol–water partition coefficient (Wildman–Crippen LogP) is 3.21. The van der Waals surface area contributed by atoms with Crippen LogP contribution in [0, 0.1) is 6.92 Å². The normalized spacial score (nSPS) is 10.7. The molecule has 0 saturated carbocycles. The van der Waals surface area contributed by atoms with Crippen molar-refractivity contribution >= 4 is 0 Å². The highest BCUT2D eigenvalue weighted by atomic mass is 16.1. The van der Waals surface area contributed by atoms with Crippen molar-refractivity contribution < 1.29 is 0 Å². The Balaban J connectivity index is 2.12. The van der Waals surface area contributed by atoms with E-state index >= 15 is 0 Å². The molecule has 1 heterocycles. The Morgan fingerprint density at radius 1 is 1.10 bits per heavy atom. The van der Waals surface area contributed by atoms with Gasteiger partial charge in [0.25, 0.3) is 5.56 Å². The Morgan fingerprint density at radius 2 is 1.85 bits per heavy atom. The van der Waals surface area contributed by atoms with E-state index < -0.39 is 0 Å². The smallest absolute Gasteiger partial charge is 0.254 e. The molecule has 1 N–H and O–H groups in total. The molecule has 2 rings (SSSR count). The Morgan fingerprint density at radius 3 is 2.55 bits per heavy atom. The van der Waals surface area contributed by atoms with Crippen LogP contribution in [0.5, 0.6) is 0 Å². The summed E-state index contributed by atoms with van der Waals surface area (Å²) in [5.41, 5.74) is 3.00. The quantitative estimate of drug-likeness (QED) is 0.876. The summed E-state index contributed by atoms with van der Waals surface area (Å²) < 4.78 is 0. The minimum absolute atomic E-state index is 0.00849. The third-order valence-corrected chi connectivity index (χ3v) is 3.56. The van der Waals surface area contributed by atoms with E-state index in [1.165, 1.54) is 5.56 Å². The van der Waals surface area contributed by atoms with E-state index in [9.17, 15) is 4.79 Å². The largest absolute Gasteiger partial charge is 0.310 e. The van der Waals surface area contributed by atoms with Crippen LogP contribution in [0.15, 0.2) is 35.1 Å². The highest BCUT2D eigenvalue weighted by Gasteiger charge is 2.07. The molecular weight excluding hydrogens is 248 g/mol. The first-order chi connectivity index (χ1) is 9.70. The zero-order valence-electron chi connectivity index (χ0n) is 12.3. The van der Waals surface area contributed by atoms with Gasteiger partial charge in [-0.2, -0.15) is 0 Å². The van der Waals surface area contributed by atoms with Gasteiger partial charge in [-0.15, -0.1) is 0 Å². The van der Waals surface area contributed by atoms with E-state index in [1.54, 1.807) is 0 Å². The average Bonchev–Trinajstić information content (AvgIpc) is 2.48.